The zero-order valence-corrected chi connectivity index (χ0v) is 19.4. The molecule has 170 valence electrons. The quantitative estimate of drug-likeness (QED) is 0.587. The molecule has 1 heterocycles. The van der Waals surface area contributed by atoms with Crippen molar-refractivity contribution in [1.29, 1.82) is 0 Å². The first-order chi connectivity index (χ1) is 14.5. The van der Waals surface area contributed by atoms with Crippen molar-refractivity contribution in [2.24, 2.45) is 17.8 Å². The highest BCUT2D eigenvalue weighted by Gasteiger charge is 2.35. The first-order valence-electron chi connectivity index (χ1n) is 11.5. The van der Waals surface area contributed by atoms with Gasteiger partial charge in [-0.3, -0.25) is 4.79 Å². The highest BCUT2D eigenvalue weighted by atomic mass is 32.2. The molecule has 7 heteroatoms. The predicted octanol–water partition coefficient (Wildman–Crippen LogP) is 3.52. The molecule has 1 saturated carbocycles. The zero-order valence-electron chi connectivity index (χ0n) is 18.6. The van der Waals surface area contributed by atoms with Crippen LogP contribution in [-0.2, 0) is 24.9 Å². The number of hydroxylamine groups is 1. The molecule has 0 spiro atoms. The Labute approximate surface area is 184 Å². The summed E-state index contributed by atoms with van der Waals surface area (Å²) >= 11 is -1.39. The van der Waals surface area contributed by atoms with Crippen molar-refractivity contribution in [2.75, 3.05) is 19.4 Å². The van der Waals surface area contributed by atoms with E-state index in [1.807, 2.05) is 4.90 Å². The van der Waals surface area contributed by atoms with Crippen LogP contribution in [0.1, 0.15) is 58.8 Å². The second-order valence-corrected chi connectivity index (χ2v) is 9.89. The van der Waals surface area contributed by atoms with Gasteiger partial charge < -0.3 is 9.64 Å². The van der Waals surface area contributed by atoms with E-state index in [0.29, 0.717) is 18.4 Å². The highest BCUT2D eigenvalue weighted by Crippen LogP contribution is 2.39. The fourth-order valence-corrected chi connectivity index (χ4v) is 5.64. The Bertz CT molecular complexity index is 645. The van der Waals surface area contributed by atoms with Crippen molar-refractivity contribution < 1.29 is 18.0 Å². The van der Waals surface area contributed by atoms with Crippen molar-refractivity contribution in [1.82, 2.24) is 10.4 Å². The van der Waals surface area contributed by atoms with Crippen LogP contribution in [-0.4, -0.2) is 52.6 Å². The van der Waals surface area contributed by atoms with Gasteiger partial charge in [-0.1, -0.05) is 31.2 Å². The fraction of sp³-hybridized carbons (Fsp3) is 0.783. The Kier molecular flexibility index (Phi) is 9.11. The molecule has 1 saturated heterocycles. The van der Waals surface area contributed by atoms with Crippen molar-refractivity contribution >= 4 is 17.0 Å². The van der Waals surface area contributed by atoms with Gasteiger partial charge in [0.1, 0.15) is 0 Å². The zero-order chi connectivity index (χ0) is 21.5. The first kappa shape index (κ1) is 23.6. The van der Waals surface area contributed by atoms with Crippen LogP contribution < -0.4 is 5.48 Å². The van der Waals surface area contributed by atoms with Crippen LogP contribution in [0, 0.1) is 17.8 Å². The Morgan fingerprint density at radius 2 is 1.90 bits per heavy atom. The van der Waals surface area contributed by atoms with E-state index in [4.69, 9.17) is 9.02 Å². The monoisotopic (exact) mass is 438 g/mol. The van der Waals surface area contributed by atoms with Crippen molar-refractivity contribution in [3.8, 4) is 0 Å². The van der Waals surface area contributed by atoms with Crippen LogP contribution in [0.5, 0.6) is 0 Å². The van der Waals surface area contributed by atoms with Gasteiger partial charge in [0.15, 0.2) is 11.1 Å². The van der Waals surface area contributed by atoms with Crippen LogP contribution in [0.4, 0.5) is 0 Å². The number of nitrogens with one attached hydrogen (secondary N) is 1. The lowest BCUT2D eigenvalue weighted by Crippen LogP contribution is -2.57. The van der Waals surface area contributed by atoms with Gasteiger partial charge in [0.05, 0.1) is 24.8 Å². The summed E-state index contributed by atoms with van der Waals surface area (Å²) in [6.07, 6.45) is 18.4. The minimum absolute atomic E-state index is 0.0548. The van der Waals surface area contributed by atoms with E-state index in [1.54, 1.807) is 6.92 Å². The Morgan fingerprint density at radius 3 is 2.57 bits per heavy atom. The minimum atomic E-state index is -1.39. The molecule has 1 amide bonds. The number of amides is 1. The molecule has 1 aliphatic heterocycles. The molecule has 2 aliphatic carbocycles. The molecule has 5 atom stereocenters. The summed E-state index contributed by atoms with van der Waals surface area (Å²) < 4.78 is 22.8. The Balaban J connectivity index is 1.51. The first-order valence-corrected chi connectivity index (χ1v) is 13.0. The lowest BCUT2D eigenvalue weighted by molar-refractivity contribution is -0.137. The number of carbonyl (C=O) groups excluding carboxylic acids is 1. The van der Waals surface area contributed by atoms with Gasteiger partial charge in [-0.2, -0.15) is 5.48 Å². The van der Waals surface area contributed by atoms with E-state index in [0.717, 1.165) is 38.1 Å². The maximum absolute atomic E-state index is 12.2. The molecule has 30 heavy (non-hydrogen) atoms. The second-order valence-electron chi connectivity index (χ2n) is 8.92. The van der Waals surface area contributed by atoms with Gasteiger partial charge in [-0.05, 0) is 62.7 Å². The predicted molar refractivity (Wildman–Crippen MR) is 120 cm³/mol. The second kappa shape index (κ2) is 11.6. The van der Waals surface area contributed by atoms with Crippen LogP contribution in [0.25, 0.3) is 0 Å². The highest BCUT2D eigenvalue weighted by molar-refractivity contribution is 7.79. The number of rotatable bonds is 8. The fourth-order valence-electron chi connectivity index (χ4n) is 5.38. The number of ether oxygens (including phenoxy) is 1. The number of likely N-dealkylation sites (tertiary alicyclic amines) is 1. The van der Waals surface area contributed by atoms with Gasteiger partial charge in [0.2, 0.25) is 5.91 Å². The van der Waals surface area contributed by atoms with E-state index in [-0.39, 0.29) is 24.1 Å². The van der Waals surface area contributed by atoms with Gasteiger partial charge >= 0.3 is 0 Å². The molecule has 2 fully saturated rings. The molecule has 0 aromatic heterocycles. The van der Waals surface area contributed by atoms with Crippen molar-refractivity contribution in [2.45, 2.75) is 77.0 Å². The molecule has 3 aliphatic rings. The molecule has 0 bridgehead atoms. The molecule has 0 radical (unpaired) electrons. The van der Waals surface area contributed by atoms with Crippen LogP contribution in [0.2, 0.25) is 0 Å². The van der Waals surface area contributed by atoms with E-state index in [2.05, 4.69) is 36.7 Å². The molecular weight excluding hydrogens is 400 g/mol. The van der Waals surface area contributed by atoms with Crippen molar-refractivity contribution in [3.63, 3.8) is 0 Å². The molecule has 0 aromatic rings. The van der Waals surface area contributed by atoms with Crippen molar-refractivity contribution in [3.05, 3.63) is 24.3 Å². The number of carbonyl (C=O) groups is 1. The SMILES string of the molecule is CCC1C=CC=CC1C1CCC(OC[C@H]2[C@@H](NOS(C)=O)CCCN2C(C)=O)CC1. The van der Waals surface area contributed by atoms with E-state index in [1.165, 1.54) is 25.5 Å². The van der Waals surface area contributed by atoms with E-state index < -0.39 is 11.1 Å². The average molecular weight is 439 g/mol. The van der Waals surface area contributed by atoms with Crippen LogP contribution in [0.3, 0.4) is 0 Å². The Morgan fingerprint density at radius 1 is 1.17 bits per heavy atom. The van der Waals surface area contributed by atoms with E-state index >= 15 is 0 Å². The lowest BCUT2D eigenvalue weighted by Gasteiger charge is -2.42. The third-order valence-corrected chi connectivity index (χ3v) is 7.37. The summed E-state index contributed by atoms with van der Waals surface area (Å²) in [6.45, 7) is 5.12. The molecule has 1 N–H and O–H groups in total. The third-order valence-electron chi connectivity index (χ3n) is 7.03. The Hall–Kier alpha value is -1.02. The summed E-state index contributed by atoms with van der Waals surface area (Å²) in [5.41, 5.74) is 2.92. The number of allylic oxidation sites excluding steroid dienone is 4. The molecular formula is C23H38N2O4S. The van der Waals surface area contributed by atoms with E-state index in [9.17, 15) is 9.00 Å². The van der Waals surface area contributed by atoms with Crippen LogP contribution in [0.15, 0.2) is 24.3 Å². The molecule has 6 nitrogen and oxygen atoms in total. The smallest absolute Gasteiger partial charge is 0.219 e. The molecule has 3 rings (SSSR count). The summed E-state index contributed by atoms with van der Waals surface area (Å²) in [5.74, 6) is 2.12. The summed E-state index contributed by atoms with van der Waals surface area (Å²) in [5, 5.41) is 0. The van der Waals surface area contributed by atoms with Gasteiger partial charge in [0.25, 0.3) is 0 Å². The summed E-state index contributed by atoms with van der Waals surface area (Å²) in [7, 11) is 0. The number of piperidine rings is 1. The molecule has 3 unspecified atom stereocenters. The van der Waals surface area contributed by atoms with Gasteiger partial charge in [-0.15, -0.1) is 0 Å². The minimum Gasteiger partial charge on any atom is -0.376 e. The largest absolute Gasteiger partial charge is 0.376 e. The lowest BCUT2D eigenvalue weighted by atomic mass is 9.71. The maximum Gasteiger partial charge on any atom is 0.219 e. The molecule has 0 aromatic carbocycles. The third kappa shape index (κ3) is 6.25. The van der Waals surface area contributed by atoms with Crippen LogP contribution >= 0.6 is 0 Å². The average Bonchev–Trinajstić information content (AvgIpc) is 2.76. The normalized spacial score (nSPS) is 35.4. The van der Waals surface area contributed by atoms with Gasteiger partial charge in [0, 0.05) is 19.7 Å². The number of hydrogen-bond donors (Lipinski definition) is 1. The standard InChI is InChI=1S/C23H38N2O4S/c1-4-18-8-5-6-9-21(18)19-11-13-20(14-12-19)28-16-23-22(24-29-30(3)27)10-7-15-25(23)17(2)26/h5-6,8-9,18-24H,4,7,10-16H2,1-3H3/t18?,19?,20?,21?,22-,23-,30?/m0/s1. The summed E-state index contributed by atoms with van der Waals surface area (Å²) in [6, 6.07) is -0.152. The maximum atomic E-state index is 12.2. The topological polar surface area (TPSA) is 67.9 Å². The number of nitrogens with zero attached hydrogens (tertiary/aromatic N) is 1. The summed E-state index contributed by atoms with van der Waals surface area (Å²) in [4.78, 5) is 14.0. The van der Waals surface area contributed by atoms with Gasteiger partial charge in [-0.25, -0.2) is 8.49 Å². The number of hydrogen-bond acceptors (Lipinski definition) is 5.